The maximum atomic E-state index is 8.25. The predicted octanol–water partition coefficient (Wildman–Crippen LogP) is 5.47. The van der Waals surface area contributed by atoms with E-state index in [-0.39, 0.29) is 5.92 Å². The molecule has 3 aromatic rings. The Morgan fingerprint density at radius 1 is 1.14 bits per heavy atom. The molecule has 0 spiro atoms. The number of nitrogens with zero attached hydrogens (tertiary/aromatic N) is 2. The smallest absolute Gasteiger partial charge is 0.138 e. The summed E-state index contributed by atoms with van der Waals surface area (Å²) in [6, 6.07) is 18.6. The van der Waals surface area contributed by atoms with Gasteiger partial charge in [-0.1, -0.05) is 43.3 Å². The van der Waals surface area contributed by atoms with Crippen LogP contribution in [0.15, 0.2) is 77.9 Å². The third-order valence-electron chi connectivity index (χ3n) is 5.21. The van der Waals surface area contributed by atoms with Gasteiger partial charge in [-0.05, 0) is 48.7 Å². The summed E-state index contributed by atoms with van der Waals surface area (Å²) in [5.74, 6) is 2.34. The van der Waals surface area contributed by atoms with E-state index in [1.165, 1.54) is 5.56 Å². The van der Waals surface area contributed by atoms with Gasteiger partial charge in [0.1, 0.15) is 17.4 Å². The van der Waals surface area contributed by atoms with E-state index in [4.69, 9.17) is 10.1 Å². The fourth-order valence-electron chi connectivity index (χ4n) is 3.54. The van der Waals surface area contributed by atoms with Crippen molar-refractivity contribution in [3.63, 3.8) is 0 Å². The van der Waals surface area contributed by atoms with Crippen LogP contribution in [-0.2, 0) is 6.42 Å². The van der Waals surface area contributed by atoms with Gasteiger partial charge >= 0.3 is 0 Å². The van der Waals surface area contributed by atoms with Gasteiger partial charge in [0.05, 0.1) is 12.1 Å². The monoisotopic (exact) mass is 371 g/mol. The average molecular weight is 371 g/mol. The highest BCUT2D eigenvalue weighted by molar-refractivity contribution is 6.08. The van der Waals surface area contributed by atoms with Crippen LogP contribution >= 0.6 is 0 Å². The van der Waals surface area contributed by atoms with E-state index >= 15 is 0 Å². The molecule has 0 amide bonds. The van der Waals surface area contributed by atoms with Crippen molar-refractivity contribution in [2.24, 2.45) is 10.9 Å². The largest absolute Gasteiger partial charge is 0.493 e. The van der Waals surface area contributed by atoms with Crippen molar-refractivity contribution in [3.8, 4) is 5.75 Å². The Bertz CT molecular complexity index is 1030. The van der Waals surface area contributed by atoms with Crippen molar-refractivity contribution >= 4 is 22.6 Å². The zero-order chi connectivity index (χ0) is 19.3. The Hall–Kier alpha value is -3.14. The zero-order valence-corrected chi connectivity index (χ0v) is 16.1. The Morgan fingerprint density at radius 2 is 2.00 bits per heavy atom. The molecule has 28 heavy (non-hydrogen) atoms. The second kappa shape index (κ2) is 8.26. The Morgan fingerprint density at radius 3 is 2.82 bits per heavy atom. The number of amidine groups is 1. The summed E-state index contributed by atoms with van der Waals surface area (Å²) >= 11 is 0. The van der Waals surface area contributed by atoms with E-state index in [1.54, 1.807) is 0 Å². The highest BCUT2D eigenvalue weighted by Crippen LogP contribution is 2.24. The van der Waals surface area contributed by atoms with Crippen LogP contribution in [0.2, 0.25) is 0 Å². The van der Waals surface area contributed by atoms with Gasteiger partial charge in [0.2, 0.25) is 0 Å². The Balaban J connectivity index is 1.51. The molecule has 1 aliphatic rings. The maximum absolute atomic E-state index is 8.25. The maximum Gasteiger partial charge on any atom is 0.138 e. The van der Waals surface area contributed by atoms with E-state index < -0.39 is 0 Å². The minimum Gasteiger partial charge on any atom is -0.493 e. The summed E-state index contributed by atoms with van der Waals surface area (Å²) < 4.78 is 8.00. The number of fused-ring (bicyclic) bond motifs is 1. The summed E-state index contributed by atoms with van der Waals surface area (Å²) in [5, 5.41) is 9.35. The minimum absolute atomic E-state index is 0.209. The van der Waals surface area contributed by atoms with E-state index in [0.717, 1.165) is 41.8 Å². The van der Waals surface area contributed by atoms with Crippen LogP contribution in [0.5, 0.6) is 5.75 Å². The molecular weight excluding hydrogens is 346 g/mol. The number of aromatic nitrogens is 1. The third-order valence-corrected chi connectivity index (χ3v) is 5.21. The topological polar surface area (TPSA) is 50.4 Å². The van der Waals surface area contributed by atoms with Crippen molar-refractivity contribution in [3.05, 3.63) is 78.5 Å². The number of ether oxygens (including phenoxy) is 1. The lowest BCUT2D eigenvalue weighted by Crippen LogP contribution is -2.13. The number of nitrogens with one attached hydrogen (secondary N) is 1. The number of hydrogen-bond acceptors (Lipinski definition) is 2. The summed E-state index contributed by atoms with van der Waals surface area (Å²) in [6.07, 6.45) is 8.87. The number of hydrogen-bond donors (Lipinski definition) is 1. The summed E-state index contributed by atoms with van der Waals surface area (Å²) in [4.78, 5) is 4.57. The molecule has 1 aliphatic heterocycles. The predicted molar refractivity (Wildman–Crippen MR) is 116 cm³/mol. The number of allylic oxidation sites excluding steroid dienone is 2. The molecule has 1 unspecified atom stereocenters. The molecule has 0 saturated heterocycles. The van der Waals surface area contributed by atoms with Gasteiger partial charge < -0.3 is 9.30 Å². The second-order valence-electron chi connectivity index (χ2n) is 7.09. The lowest BCUT2D eigenvalue weighted by Gasteiger charge is -2.10. The zero-order valence-electron chi connectivity index (χ0n) is 16.1. The molecule has 0 aliphatic carbocycles. The van der Waals surface area contributed by atoms with Crippen LogP contribution in [0.4, 0.5) is 0 Å². The summed E-state index contributed by atoms with van der Waals surface area (Å²) in [6.45, 7) is 2.76. The van der Waals surface area contributed by atoms with Gasteiger partial charge in [0, 0.05) is 23.9 Å². The molecule has 1 aromatic heterocycles. The molecule has 4 nitrogen and oxygen atoms in total. The van der Waals surface area contributed by atoms with E-state index in [0.29, 0.717) is 12.4 Å². The lowest BCUT2D eigenvalue weighted by molar-refractivity contribution is 0.322. The molecule has 0 radical (unpaired) electrons. The highest BCUT2D eigenvalue weighted by Gasteiger charge is 2.15. The SMILES string of the molecule is CCC1CC=CC(n2ccc3cc(OCCc4ccccc4)ccc32)=NC1=N. The molecule has 4 rings (SSSR count). The van der Waals surface area contributed by atoms with Gasteiger partial charge in [0.25, 0.3) is 0 Å². The van der Waals surface area contributed by atoms with E-state index in [9.17, 15) is 0 Å². The Kier molecular flexibility index (Phi) is 5.38. The van der Waals surface area contributed by atoms with Gasteiger partial charge in [-0.15, -0.1) is 0 Å². The van der Waals surface area contributed by atoms with Gasteiger partial charge in [0.15, 0.2) is 0 Å². The fraction of sp³-hybridized carbons (Fsp3) is 0.250. The lowest BCUT2D eigenvalue weighted by atomic mass is 10.0. The molecule has 142 valence electrons. The molecule has 4 heteroatoms. The third kappa shape index (κ3) is 3.91. The van der Waals surface area contributed by atoms with Crippen LogP contribution in [0.3, 0.4) is 0 Å². The van der Waals surface area contributed by atoms with Crippen LogP contribution < -0.4 is 4.74 Å². The van der Waals surface area contributed by atoms with Crippen LogP contribution in [0.25, 0.3) is 10.9 Å². The number of benzene rings is 2. The molecule has 1 N–H and O–H groups in total. The van der Waals surface area contributed by atoms with Crippen molar-refractivity contribution in [1.29, 1.82) is 5.41 Å². The first-order valence-electron chi connectivity index (χ1n) is 9.86. The van der Waals surface area contributed by atoms with Gasteiger partial charge in [-0.2, -0.15) is 0 Å². The van der Waals surface area contributed by atoms with Crippen molar-refractivity contribution < 1.29 is 4.74 Å². The first kappa shape index (κ1) is 18.2. The minimum atomic E-state index is 0.209. The number of rotatable bonds is 5. The van der Waals surface area contributed by atoms with Crippen LogP contribution in [0, 0.1) is 11.3 Å². The highest BCUT2D eigenvalue weighted by atomic mass is 16.5. The van der Waals surface area contributed by atoms with Crippen molar-refractivity contribution in [2.45, 2.75) is 26.2 Å². The van der Waals surface area contributed by atoms with Crippen LogP contribution in [0.1, 0.15) is 25.3 Å². The standard InChI is InChI=1S/C24H25N3O/c1-2-19-9-6-10-23(26-24(19)25)27-15-13-20-17-21(11-12-22(20)27)28-16-14-18-7-4-3-5-8-18/h3-8,10-13,15,17,19,25H,2,9,14,16H2,1H3. The Labute approximate surface area is 165 Å². The fourth-order valence-corrected chi connectivity index (χ4v) is 3.54. The molecule has 0 bridgehead atoms. The van der Waals surface area contributed by atoms with E-state index in [2.05, 4.69) is 60.5 Å². The van der Waals surface area contributed by atoms with Gasteiger partial charge in [-0.3, -0.25) is 5.41 Å². The summed E-state index contributed by atoms with van der Waals surface area (Å²) in [5.41, 5.74) is 2.35. The molecule has 2 heterocycles. The first-order chi connectivity index (χ1) is 13.7. The average Bonchev–Trinajstić information content (AvgIpc) is 3.04. The van der Waals surface area contributed by atoms with Gasteiger partial charge in [-0.25, -0.2) is 4.99 Å². The van der Waals surface area contributed by atoms with E-state index in [1.807, 2.05) is 29.0 Å². The molecule has 1 atom stereocenters. The summed E-state index contributed by atoms with van der Waals surface area (Å²) in [7, 11) is 0. The molecule has 0 fully saturated rings. The van der Waals surface area contributed by atoms with Crippen LogP contribution in [-0.4, -0.2) is 22.8 Å². The molecule has 2 aromatic carbocycles. The number of aliphatic imine (C=N–C) groups is 1. The quantitative estimate of drug-likeness (QED) is 0.635. The molecular formula is C24H25N3O. The second-order valence-corrected chi connectivity index (χ2v) is 7.09. The first-order valence-corrected chi connectivity index (χ1v) is 9.86. The normalized spacial score (nSPS) is 16.8. The van der Waals surface area contributed by atoms with Crippen molar-refractivity contribution in [2.75, 3.05) is 6.61 Å². The molecule has 0 saturated carbocycles. The van der Waals surface area contributed by atoms with Crippen molar-refractivity contribution in [1.82, 2.24) is 4.57 Å².